The monoisotopic (exact) mass is 281 g/mol. The molecule has 1 atom stereocenters. The molecule has 1 saturated carbocycles. The molecule has 0 bridgehead atoms. The minimum absolute atomic E-state index is 0.514. The highest BCUT2D eigenvalue weighted by molar-refractivity contribution is 4.85. The van der Waals surface area contributed by atoms with Crippen LogP contribution in [0.15, 0.2) is 0 Å². The molecule has 20 heavy (non-hydrogen) atoms. The van der Waals surface area contributed by atoms with Crippen LogP contribution < -0.4 is 5.32 Å². The first-order valence-electron chi connectivity index (χ1n) is 9.22. The van der Waals surface area contributed by atoms with Crippen LogP contribution in [0.25, 0.3) is 0 Å². The van der Waals surface area contributed by atoms with Crippen LogP contribution in [0.1, 0.15) is 92.4 Å². The lowest BCUT2D eigenvalue weighted by molar-refractivity contribution is 0.130. The van der Waals surface area contributed by atoms with E-state index in [1.165, 1.54) is 57.8 Å². The van der Waals surface area contributed by atoms with Gasteiger partial charge in [-0.1, -0.05) is 60.3 Å². The van der Waals surface area contributed by atoms with Gasteiger partial charge in [-0.05, 0) is 55.9 Å². The Hall–Kier alpha value is -0.0400. The first-order valence-corrected chi connectivity index (χ1v) is 9.22. The summed E-state index contributed by atoms with van der Waals surface area (Å²) in [6, 6.07) is 0.790. The van der Waals surface area contributed by atoms with Gasteiger partial charge in [-0.25, -0.2) is 0 Å². The highest BCUT2D eigenvalue weighted by atomic mass is 14.9. The first-order chi connectivity index (χ1) is 9.49. The zero-order chi connectivity index (χ0) is 15.0. The predicted molar refractivity (Wildman–Crippen MR) is 91.1 cm³/mol. The number of hydrogen-bond donors (Lipinski definition) is 1. The van der Waals surface area contributed by atoms with Gasteiger partial charge >= 0.3 is 0 Å². The lowest BCUT2D eigenvalue weighted by atomic mass is 9.68. The summed E-state index contributed by atoms with van der Waals surface area (Å²) in [6.07, 6.45) is 12.8. The summed E-state index contributed by atoms with van der Waals surface area (Å²) >= 11 is 0. The minimum Gasteiger partial charge on any atom is -0.314 e. The van der Waals surface area contributed by atoms with Crippen molar-refractivity contribution in [3.05, 3.63) is 0 Å². The summed E-state index contributed by atoms with van der Waals surface area (Å²) in [4.78, 5) is 0. The summed E-state index contributed by atoms with van der Waals surface area (Å²) in [5.74, 6) is 1.89. The number of hydrogen-bond acceptors (Lipinski definition) is 1. The molecule has 0 spiro atoms. The van der Waals surface area contributed by atoms with Gasteiger partial charge in [0.15, 0.2) is 0 Å². The van der Waals surface area contributed by atoms with Crippen LogP contribution in [0.2, 0.25) is 0 Å². The fourth-order valence-electron chi connectivity index (χ4n) is 3.95. The molecule has 0 aromatic heterocycles. The van der Waals surface area contributed by atoms with E-state index in [2.05, 4.69) is 39.9 Å². The van der Waals surface area contributed by atoms with Gasteiger partial charge in [0.25, 0.3) is 0 Å². The maximum Gasteiger partial charge on any atom is 0.00952 e. The van der Waals surface area contributed by atoms with Gasteiger partial charge in [-0.15, -0.1) is 0 Å². The molecule has 0 saturated heterocycles. The van der Waals surface area contributed by atoms with E-state index in [0.717, 1.165) is 24.4 Å². The van der Waals surface area contributed by atoms with Gasteiger partial charge in [-0.3, -0.25) is 0 Å². The van der Waals surface area contributed by atoms with Gasteiger partial charge in [0.1, 0.15) is 0 Å². The molecular formula is C19H39N. The Kier molecular flexibility index (Phi) is 8.17. The number of unbranched alkanes of at least 4 members (excludes halogenated alkanes) is 3. The molecule has 1 nitrogen and oxygen atoms in total. The van der Waals surface area contributed by atoms with Crippen LogP contribution in [0, 0.1) is 17.3 Å². The zero-order valence-corrected chi connectivity index (χ0v) is 14.8. The lowest BCUT2D eigenvalue weighted by Gasteiger charge is -2.39. The van der Waals surface area contributed by atoms with Crippen LogP contribution in [0.4, 0.5) is 0 Å². The van der Waals surface area contributed by atoms with Gasteiger partial charge in [0.05, 0.1) is 0 Å². The highest BCUT2D eigenvalue weighted by Gasteiger charge is 2.32. The van der Waals surface area contributed by atoms with Gasteiger partial charge in [0, 0.05) is 6.04 Å². The Labute approximate surface area is 128 Å². The maximum atomic E-state index is 3.78. The summed E-state index contributed by atoms with van der Waals surface area (Å²) < 4.78 is 0. The molecule has 1 unspecified atom stereocenters. The van der Waals surface area contributed by atoms with Crippen molar-refractivity contribution in [1.29, 1.82) is 0 Å². The molecule has 0 heterocycles. The fraction of sp³-hybridized carbons (Fsp3) is 1.00. The van der Waals surface area contributed by atoms with Crippen LogP contribution in [-0.4, -0.2) is 12.6 Å². The van der Waals surface area contributed by atoms with Crippen LogP contribution in [-0.2, 0) is 0 Å². The van der Waals surface area contributed by atoms with Crippen molar-refractivity contribution >= 4 is 0 Å². The Morgan fingerprint density at radius 2 is 1.60 bits per heavy atom. The smallest absolute Gasteiger partial charge is 0.00952 e. The molecule has 1 heteroatoms. The fourth-order valence-corrected chi connectivity index (χ4v) is 3.95. The van der Waals surface area contributed by atoms with E-state index in [0.29, 0.717) is 5.41 Å². The van der Waals surface area contributed by atoms with Gasteiger partial charge < -0.3 is 5.32 Å². The Morgan fingerprint density at radius 1 is 0.950 bits per heavy atom. The Balaban J connectivity index is 2.37. The van der Waals surface area contributed by atoms with E-state index in [1.807, 2.05) is 0 Å². The summed E-state index contributed by atoms with van der Waals surface area (Å²) in [7, 11) is 0. The van der Waals surface area contributed by atoms with Crippen molar-refractivity contribution in [2.75, 3.05) is 6.54 Å². The molecule has 1 aliphatic rings. The van der Waals surface area contributed by atoms with E-state index in [-0.39, 0.29) is 0 Å². The van der Waals surface area contributed by atoms with Crippen molar-refractivity contribution in [2.45, 2.75) is 98.4 Å². The Bertz CT molecular complexity index is 233. The topological polar surface area (TPSA) is 12.0 Å². The Morgan fingerprint density at radius 3 is 2.10 bits per heavy atom. The van der Waals surface area contributed by atoms with Crippen LogP contribution in [0.3, 0.4) is 0 Å². The maximum absolute atomic E-state index is 3.78. The van der Waals surface area contributed by atoms with E-state index >= 15 is 0 Å². The molecule has 0 aromatic carbocycles. The second kappa shape index (κ2) is 9.07. The van der Waals surface area contributed by atoms with E-state index < -0.39 is 0 Å². The molecule has 1 fully saturated rings. The molecule has 0 radical (unpaired) electrons. The second-order valence-corrected chi connectivity index (χ2v) is 7.99. The third-order valence-electron chi connectivity index (χ3n) is 5.40. The summed E-state index contributed by atoms with van der Waals surface area (Å²) in [5.41, 5.74) is 0.514. The lowest BCUT2D eigenvalue weighted by Crippen LogP contribution is -2.39. The standard InChI is InChI=1S/C19H39N/c1-6-8-9-10-11-18(20-7-2)16-12-14-17(15-13-16)19(3,4)5/h16-18,20H,6-15H2,1-5H3. The molecule has 0 aromatic rings. The molecule has 1 aliphatic carbocycles. The molecule has 1 rings (SSSR count). The average Bonchev–Trinajstić information content (AvgIpc) is 2.41. The molecular weight excluding hydrogens is 242 g/mol. The minimum atomic E-state index is 0.514. The van der Waals surface area contributed by atoms with Crippen molar-refractivity contribution in [3.63, 3.8) is 0 Å². The van der Waals surface area contributed by atoms with Crippen molar-refractivity contribution in [1.82, 2.24) is 5.32 Å². The summed E-state index contributed by atoms with van der Waals surface area (Å²) in [6.45, 7) is 13.0. The highest BCUT2D eigenvalue weighted by Crippen LogP contribution is 2.41. The van der Waals surface area contributed by atoms with E-state index in [4.69, 9.17) is 0 Å². The van der Waals surface area contributed by atoms with Crippen molar-refractivity contribution < 1.29 is 0 Å². The quantitative estimate of drug-likeness (QED) is 0.555. The third kappa shape index (κ3) is 6.16. The van der Waals surface area contributed by atoms with E-state index in [9.17, 15) is 0 Å². The van der Waals surface area contributed by atoms with Crippen LogP contribution in [0.5, 0.6) is 0 Å². The molecule has 1 N–H and O–H groups in total. The van der Waals surface area contributed by atoms with Gasteiger partial charge in [-0.2, -0.15) is 0 Å². The largest absolute Gasteiger partial charge is 0.314 e. The second-order valence-electron chi connectivity index (χ2n) is 7.99. The van der Waals surface area contributed by atoms with Crippen LogP contribution >= 0.6 is 0 Å². The number of nitrogens with one attached hydrogen (secondary N) is 1. The summed E-state index contributed by atoms with van der Waals surface area (Å²) in [5, 5.41) is 3.78. The molecule has 0 amide bonds. The van der Waals surface area contributed by atoms with Crippen molar-refractivity contribution in [2.24, 2.45) is 17.3 Å². The average molecular weight is 282 g/mol. The predicted octanol–water partition coefficient (Wildman–Crippen LogP) is 5.79. The SMILES string of the molecule is CCCCCCC(NCC)C1CCC(C(C)(C)C)CC1. The molecule has 120 valence electrons. The molecule has 0 aliphatic heterocycles. The normalized spacial score (nSPS) is 25.6. The zero-order valence-electron chi connectivity index (χ0n) is 14.8. The van der Waals surface area contributed by atoms with E-state index in [1.54, 1.807) is 0 Å². The first kappa shape index (κ1) is 18.0. The third-order valence-corrected chi connectivity index (χ3v) is 5.40. The number of rotatable bonds is 8. The van der Waals surface area contributed by atoms with Gasteiger partial charge in [0.2, 0.25) is 0 Å². The van der Waals surface area contributed by atoms with Crippen molar-refractivity contribution in [3.8, 4) is 0 Å².